The van der Waals surface area contributed by atoms with Gasteiger partial charge in [0, 0.05) is 17.5 Å². The van der Waals surface area contributed by atoms with E-state index in [1.807, 2.05) is 0 Å². The molecule has 3 unspecified atom stereocenters. The van der Waals surface area contributed by atoms with Crippen LogP contribution in [-0.2, 0) is 11.8 Å². The van der Waals surface area contributed by atoms with Crippen LogP contribution in [0, 0.1) is 0 Å². The van der Waals surface area contributed by atoms with Crippen LogP contribution in [0.2, 0.25) is 0 Å². The lowest BCUT2D eigenvalue weighted by molar-refractivity contribution is 0.00485. The summed E-state index contributed by atoms with van der Waals surface area (Å²) in [6.07, 6.45) is 2.37. The van der Waals surface area contributed by atoms with Gasteiger partial charge in [-0.15, -0.1) is 0 Å². The first-order valence-electron chi connectivity index (χ1n) is 8.09. The number of methoxy groups -OCH3 is 1. The quantitative estimate of drug-likeness (QED) is 0.850. The number of hydrogen-bond acceptors (Lipinski definition) is 3. The van der Waals surface area contributed by atoms with Crippen LogP contribution >= 0.6 is 0 Å². The van der Waals surface area contributed by atoms with Crippen molar-refractivity contribution < 1.29 is 4.74 Å². The highest BCUT2D eigenvalue weighted by Crippen LogP contribution is 2.47. The largest absolute Gasteiger partial charge is 0.497 e. The number of likely N-dealkylation sites (tertiary alicyclic amines) is 1. The molecule has 1 saturated heterocycles. The minimum atomic E-state index is 0.226. The Kier molecular flexibility index (Phi) is 3.74. The predicted octanol–water partition coefficient (Wildman–Crippen LogP) is 2.53. The minimum Gasteiger partial charge on any atom is -0.497 e. The highest BCUT2D eigenvalue weighted by Gasteiger charge is 2.51. The summed E-state index contributed by atoms with van der Waals surface area (Å²) in [6.45, 7) is 7.01. The third-order valence-electron chi connectivity index (χ3n) is 5.90. The molecule has 0 radical (unpaired) electrons. The second kappa shape index (κ2) is 5.29. The number of rotatable bonds is 3. The van der Waals surface area contributed by atoms with Gasteiger partial charge in [-0.05, 0) is 63.3 Å². The van der Waals surface area contributed by atoms with E-state index in [1.165, 1.54) is 24.1 Å². The first kappa shape index (κ1) is 14.9. The molecule has 0 N–H and O–H groups in total. The molecular formula is C18H28N2O. The number of nitrogens with zero attached hydrogens (tertiary/aromatic N) is 2. The molecule has 1 fully saturated rings. The van der Waals surface area contributed by atoms with Crippen LogP contribution in [0.25, 0.3) is 0 Å². The Bertz CT molecular complexity index is 530. The molecule has 0 spiro atoms. The van der Waals surface area contributed by atoms with Gasteiger partial charge in [0.1, 0.15) is 5.75 Å². The smallest absolute Gasteiger partial charge is 0.119 e. The molecular weight excluding hydrogens is 260 g/mol. The average molecular weight is 288 g/mol. The maximum absolute atomic E-state index is 5.48. The zero-order chi connectivity index (χ0) is 15.2. The summed E-state index contributed by atoms with van der Waals surface area (Å²) in [5.41, 5.74) is 3.25. The SMILES string of the molecule is CCN(C)C1C2Cc3ccc(OC)cc3C1(C)CCN2C. The molecule has 3 nitrogen and oxygen atoms in total. The average Bonchev–Trinajstić information content (AvgIpc) is 2.50. The molecule has 1 heterocycles. The predicted molar refractivity (Wildman–Crippen MR) is 87.2 cm³/mol. The molecule has 3 rings (SSSR count). The first-order chi connectivity index (χ1) is 10.0. The Morgan fingerprint density at radius 1 is 1.43 bits per heavy atom. The lowest BCUT2D eigenvalue weighted by atomic mass is 9.61. The maximum Gasteiger partial charge on any atom is 0.119 e. The summed E-state index contributed by atoms with van der Waals surface area (Å²) >= 11 is 0. The van der Waals surface area contributed by atoms with Gasteiger partial charge in [0.2, 0.25) is 0 Å². The van der Waals surface area contributed by atoms with E-state index in [0.29, 0.717) is 12.1 Å². The molecule has 0 amide bonds. The fraction of sp³-hybridized carbons (Fsp3) is 0.667. The molecule has 1 aromatic rings. The topological polar surface area (TPSA) is 15.7 Å². The Morgan fingerprint density at radius 2 is 2.19 bits per heavy atom. The van der Waals surface area contributed by atoms with Crippen LogP contribution in [0.15, 0.2) is 18.2 Å². The molecule has 2 bridgehead atoms. The van der Waals surface area contributed by atoms with Gasteiger partial charge in [-0.2, -0.15) is 0 Å². The standard InChI is InChI=1S/C18H28N2O/c1-6-19(3)17-16-11-13-7-8-14(21-5)12-15(13)18(17,2)9-10-20(16)4/h7-8,12,16-17H,6,9-11H2,1-5H3. The Labute approximate surface area is 128 Å². The number of benzene rings is 1. The zero-order valence-electron chi connectivity index (χ0n) is 14.0. The normalized spacial score (nSPS) is 32.1. The molecule has 1 aromatic carbocycles. The fourth-order valence-corrected chi connectivity index (χ4v) is 4.54. The number of fused-ring (bicyclic) bond motifs is 4. The lowest BCUT2D eigenvalue weighted by Gasteiger charge is -2.57. The summed E-state index contributed by atoms with van der Waals surface area (Å²) in [7, 11) is 6.33. The van der Waals surface area contributed by atoms with E-state index in [2.05, 4.69) is 55.9 Å². The molecule has 116 valence electrons. The molecule has 3 atom stereocenters. The molecule has 1 aliphatic heterocycles. The van der Waals surface area contributed by atoms with Crippen molar-refractivity contribution in [1.29, 1.82) is 0 Å². The van der Waals surface area contributed by atoms with Crippen molar-refractivity contribution in [2.24, 2.45) is 0 Å². The summed E-state index contributed by atoms with van der Waals surface area (Å²) in [5, 5.41) is 0. The van der Waals surface area contributed by atoms with Crippen molar-refractivity contribution in [3.8, 4) is 5.75 Å². The minimum absolute atomic E-state index is 0.226. The Hall–Kier alpha value is -1.06. The van der Waals surface area contributed by atoms with Crippen molar-refractivity contribution >= 4 is 0 Å². The summed E-state index contributed by atoms with van der Waals surface area (Å²) < 4.78 is 5.48. The van der Waals surface area contributed by atoms with Crippen LogP contribution in [0.3, 0.4) is 0 Å². The fourth-order valence-electron chi connectivity index (χ4n) is 4.54. The number of likely N-dealkylation sites (N-methyl/N-ethyl adjacent to an activating group) is 2. The highest BCUT2D eigenvalue weighted by molar-refractivity contribution is 5.45. The zero-order valence-corrected chi connectivity index (χ0v) is 14.0. The van der Waals surface area contributed by atoms with Crippen LogP contribution in [-0.4, -0.2) is 56.2 Å². The van der Waals surface area contributed by atoms with Crippen molar-refractivity contribution in [1.82, 2.24) is 9.80 Å². The molecule has 1 aliphatic carbocycles. The number of ether oxygens (including phenoxy) is 1. The highest BCUT2D eigenvalue weighted by atomic mass is 16.5. The van der Waals surface area contributed by atoms with E-state index in [0.717, 1.165) is 18.7 Å². The monoisotopic (exact) mass is 288 g/mol. The van der Waals surface area contributed by atoms with E-state index in [1.54, 1.807) is 7.11 Å². The summed E-state index contributed by atoms with van der Waals surface area (Å²) in [5.74, 6) is 0.991. The van der Waals surface area contributed by atoms with Gasteiger partial charge >= 0.3 is 0 Å². The van der Waals surface area contributed by atoms with Gasteiger partial charge < -0.3 is 14.5 Å². The third kappa shape index (κ3) is 2.18. The van der Waals surface area contributed by atoms with E-state index in [4.69, 9.17) is 4.74 Å². The van der Waals surface area contributed by atoms with Gasteiger partial charge in [0.15, 0.2) is 0 Å². The van der Waals surface area contributed by atoms with Gasteiger partial charge in [-0.3, -0.25) is 0 Å². The van der Waals surface area contributed by atoms with Crippen LogP contribution in [0.4, 0.5) is 0 Å². The van der Waals surface area contributed by atoms with E-state index < -0.39 is 0 Å². The van der Waals surface area contributed by atoms with Crippen molar-refractivity contribution in [2.75, 3.05) is 34.3 Å². The Balaban J connectivity index is 2.12. The van der Waals surface area contributed by atoms with E-state index >= 15 is 0 Å². The second-order valence-electron chi connectivity index (χ2n) is 6.96. The van der Waals surface area contributed by atoms with Crippen LogP contribution in [0.5, 0.6) is 5.75 Å². The van der Waals surface area contributed by atoms with Gasteiger partial charge in [0.05, 0.1) is 7.11 Å². The van der Waals surface area contributed by atoms with Crippen LogP contribution in [0.1, 0.15) is 31.4 Å². The van der Waals surface area contributed by atoms with Crippen molar-refractivity contribution in [3.05, 3.63) is 29.3 Å². The number of piperidine rings is 1. The molecule has 21 heavy (non-hydrogen) atoms. The van der Waals surface area contributed by atoms with Gasteiger partial charge in [-0.25, -0.2) is 0 Å². The van der Waals surface area contributed by atoms with Crippen LogP contribution < -0.4 is 4.74 Å². The van der Waals surface area contributed by atoms with Gasteiger partial charge in [-0.1, -0.05) is 19.9 Å². The maximum atomic E-state index is 5.48. The Morgan fingerprint density at radius 3 is 2.86 bits per heavy atom. The van der Waals surface area contributed by atoms with E-state index in [9.17, 15) is 0 Å². The second-order valence-corrected chi connectivity index (χ2v) is 6.96. The van der Waals surface area contributed by atoms with Gasteiger partial charge in [0.25, 0.3) is 0 Å². The summed E-state index contributed by atoms with van der Waals surface area (Å²) in [4.78, 5) is 5.11. The van der Waals surface area contributed by atoms with E-state index in [-0.39, 0.29) is 5.41 Å². The van der Waals surface area contributed by atoms with Crippen molar-refractivity contribution in [2.45, 2.75) is 44.2 Å². The molecule has 2 aliphatic rings. The third-order valence-corrected chi connectivity index (χ3v) is 5.90. The first-order valence-corrected chi connectivity index (χ1v) is 8.09. The van der Waals surface area contributed by atoms with Crippen molar-refractivity contribution in [3.63, 3.8) is 0 Å². The molecule has 0 saturated carbocycles. The number of hydrogen-bond donors (Lipinski definition) is 0. The summed E-state index contributed by atoms with van der Waals surface area (Å²) in [6, 6.07) is 7.88. The molecule has 0 aromatic heterocycles. The lowest BCUT2D eigenvalue weighted by Crippen LogP contribution is -2.66. The molecule has 3 heteroatoms.